The van der Waals surface area contributed by atoms with Crippen molar-refractivity contribution in [2.24, 2.45) is 0 Å². The number of rotatable bonds is 3. The van der Waals surface area contributed by atoms with E-state index in [1.165, 1.54) is 0 Å². The first-order valence-corrected chi connectivity index (χ1v) is 8.05. The molecule has 1 heterocycles. The molecule has 1 aromatic heterocycles. The number of aromatic nitrogens is 2. The maximum Gasteiger partial charge on any atom is 0.123 e. The third-order valence-electron chi connectivity index (χ3n) is 2.64. The Morgan fingerprint density at radius 3 is 2.83 bits per heavy atom. The van der Waals surface area contributed by atoms with Crippen LogP contribution in [0.25, 0.3) is 0 Å². The van der Waals surface area contributed by atoms with E-state index in [9.17, 15) is 5.11 Å². The summed E-state index contributed by atoms with van der Waals surface area (Å²) in [5.41, 5.74) is 1.66. The van der Waals surface area contributed by atoms with Crippen LogP contribution in [0.15, 0.2) is 33.3 Å². The van der Waals surface area contributed by atoms with Crippen molar-refractivity contribution in [1.29, 1.82) is 0 Å². The van der Waals surface area contributed by atoms with E-state index in [-0.39, 0.29) is 0 Å². The van der Waals surface area contributed by atoms with Gasteiger partial charge >= 0.3 is 0 Å². The van der Waals surface area contributed by atoms with Crippen molar-refractivity contribution >= 4 is 54.5 Å². The number of aliphatic hydroxyl groups is 1. The van der Waals surface area contributed by atoms with Gasteiger partial charge in [0, 0.05) is 20.2 Å². The quantitative estimate of drug-likeness (QED) is 0.664. The summed E-state index contributed by atoms with van der Waals surface area (Å²) < 4.78 is 4.61. The SMILES string of the molecule is CCn1ncc(Br)c1C(O)c1cc(Br)ccc1I. The molecule has 0 amide bonds. The summed E-state index contributed by atoms with van der Waals surface area (Å²) in [6, 6.07) is 5.87. The predicted octanol–water partition coefficient (Wildman–Crippen LogP) is 4.11. The third-order valence-corrected chi connectivity index (χ3v) is 4.73. The molecule has 0 aliphatic carbocycles. The highest BCUT2D eigenvalue weighted by Crippen LogP contribution is 2.32. The van der Waals surface area contributed by atoms with Crippen molar-refractivity contribution in [3.63, 3.8) is 0 Å². The zero-order valence-electron chi connectivity index (χ0n) is 9.57. The molecule has 1 unspecified atom stereocenters. The van der Waals surface area contributed by atoms with Crippen LogP contribution in [0.2, 0.25) is 0 Å². The number of hydrogen-bond donors (Lipinski definition) is 1. The average molecular weight is 486 g/mol. The van der Waals surface area contributed by atoms with Crippen molar-refractivity contribution in [3.05, 3.63) is 48.2 Å². The molecule has 2 rings (SSSR count). The minimum absolute atomic E-state index is 0.689. The normalized spacial score (nSPS) is 12.7. The van der Waals surface area contributed by atoms with E-state index in [0.29, 0.717) is 0 Å². The van der Waals surface area contributed by atoms with Gasteiger partial charge in [0.05, 0.1) is 16.4 Å². The topological polar surface area (TPSA) is 38.0 Å². The summed E-state index contributed by atoms with van der Waals surface area (Å²) in [5, 5.41) is 14.8. The van der Waals surface area contributed by atoms with Crippen LogP contribution < -0.4 is 0 Å². The van der Waals surface area contributed by atoms with Crippen molar-refractivity contribution < 1.29 is 5.11 Å². The smallest absolute Gasteiger partial charge is 0.123 e. The van der Waals surface area contributed by atoms with Gasteiger partial charge in [0.25, 0.3) is 0 Å². The van der Waals surface area contributed by atoms with Crippen LogP contribution >= 0.6 is 54.5 Å². The molecule has 2 aromatic rings. The standard InChI is InChI=1S/C12H11Br2IN2O/c1-2-17-11(9(14)6-16-17)12(18)8-5-7(13)3-4-10(8)15/h3-6,12,18H,2H2,1H3. The first-order valence-electron chi connectivity index (χ1n) is 5.38. The second-order valence-electron chi connectivity index (χ2n) is 3.76. The second-order valence-corrected chi connectivity index (χ2v) is 6.69. The van der Waals surface area contributed by atoms with Crippen LogP contribution in [0.3, 0.4) is 0 Å². The van der Waals surface area contributed by atoms with Crippen molar-refractivity contribution in [2.45, 2.75) is 19.6 Å². The molecule has 0 aliphatic heterocycles. The van der Waals surface area contributed by atoms with Gasteiger partial charge in [0.15, 0.2) is 0 Å². The van der Waals surface area contributed by atoms with Crippen LogP contribution in [-0.4, -0.2) is 14.9 Å². The Balaban J connectivity index is 2.50. The molecule has 0 aliphatic rings. The molecule has 0 fully saturated rings. The highest BCUT2D eigenvalue weighted by Gasteiger charge is 2.21. The summed E-state index contributed by atoms with van der Waals surface area (Å²) >= 11 is 9.10. The number of aliphatic hydroxyl groups excluding tert-OH is 1. The van der Waals surface area contributed by atoms with Gasteiger partial charge in [-0.3, -0.25) is 4.68 Å². The summed E-state index contributed by atoms with van der Waals surface area (Å²) in [4.78, 5) is 0. The van der Waals surface area contributed by atoms with E-state index in [0.717, 1.165) is 30.3 Å². The van der Waals surface area contributed by atoms with Gasteiger partial charge in [-0.05, 0) is 63.6 Å². The lowest BCUT2D eigenvalue weighted by Gasteiger charge is -2.15. The van der Waals surface area contributed by atoms with Crippen LogP contribution in [-0.2, 0) is 6.54 Å². The molecule has 6 heteroatoms. The van der Waals surface area contributed by atoms with E-state index in [4.69, 9.17) is 0 Å². The molecule has 0 radical (unpaired) electrons. The lowest BCUT2D eigenvalue weighted by Crippen LogP contribution is -2.10. The minimum Gasteiger partial charge on any atom is -0.382 e. The third kappa shape index (κ3) is 2.81. The van der Waals surface area contributed by atoms with Gasteiger partial charge in [-0.15, -0.1) is 0 Å². The molecule has 0 saturated heterocycles. The highest BCUT2D eigenvalue weighted by atomic mass is 127. The van der Waals surface area contributed by atoms with Crippen LogP contribution in [0.5, 0.6) is 0 Å². The van der Waals surface area contributed by atoms with Gasteiger partial charge in [-0.2, -0.15) is 5.10 Å². The van der Waals surface area contributed by atoms with Crippen molar-refractivity contribution in [2.75, 3.05) is 0 Å². The molecule has 1 aromatic carbocycles. The number of hydrogen-bond acceptors (Lipinski definition) is 2. The predicted molar refractivity (Wildman–Crippen MR) is 86.5 cm³/mol. The molecule has 96 valence electrons. The Labute approximate surface area is 136 Å². The molecule has 0 spiro atoms. The molecule has 0 bridgehead atoms. The number of halogens is 3. The van der Waals surface area contributed by atoms with Crippen LogP contribution in [0, 0.1) is 3.57 Å². The van der Waals surface area contributed by atoms with E-state index < -0.39 is 6.10 Å². The first-order chi connectivity index (χ1) is 8.54. The van der Waals surface area contributed by atoms with Gasteiger partial charge in [-0.25, -0.2) is 0 Å². The number of aryl methyl sites for hydroxylation is 1. The van der Waals surface area contributed by atoms with Crippen molar-refractivity contribution in [1.82, 2.24) is 9.78 Å². The van der Waals surface area contributed by atoms with Gasteiger partial charge < -0.3 is 5.11 Å². The maximum atomic E-state index is 10.6. The summed E-state index contributed by atoms with van der Waals surface area (Å²) in [6.45, 7) is 2.73. The summed E-state index contributed by atoms with van der Waals surface area (Å²) in [6.07, 6.45) is 1.03. The Morgan fingerprint density at radius 1 is 1.44 bits per heavy atom. The fourth-order valence-electron chi connectivity index (χ4n) is 1.77. The zero-order chi connectivity index (χ0) is 13.3. The largest absolute Gasteiger partial charge is 0.382 e. The molecule has 1 atom stereocenters. The summed E-state index contributed by atoms with van der Waals surface area (Å²) in [7, 11) is 0. The zero-order valence-corrected chi connectivity index (χ0v) is 14.9. The molecule has 3 nitrogen and oxygen atoms in total. The number of benzene rings is 1. The minimum atomic E-state index is -0.689. The molecule has 18 heavy (non-hydrogen) atoms. The molecule has 0 saturated carbocycles. The van der Waals surface area contributed by atoms with E-state index in [1.807, 2.05) is 25.1 Å². The lowest BCUT2D eigenvalue weighted by atomic mass is 10.1. The van der Waals surface area contributed by atoms with Gasteiger partial charge in [0.2, 0.25) is 0 Å². The summed E-state index contributed by atoms with van der Waals surface area (Å²) in [5.74, 6) is 0. The average Bonchev–Trinajstić information content (AvgIpc) is 2.72. The van der Waals surface area contributed by atoms with Gasteiger partial charge in [-0.1, -0.05) is 15.9 Å². The van der Waals surface area contributed by atoms with Crippen LogP contribution in [0.1, 0.15) is 24.3 Å². The lowest BCUT2D eigenvalue weighted by molar-refractivity contribution is 0.206. The second kappa shape index (κ2) is 6.02. The monoisotopic (exact) mass is 484 g/mol. The Kier molecular flexibility index (Phi) is 4.85. The maximum absolute atomic E-state index is 10.6. The Bertz CT molecular complexity index is 571. The molecule has 1 N–H and O–H groups in total. The number of nitrogens with zero attached hydrogens (tertiary/aromatic N) is 2. The molecular formula is C12H11Br2IN2O. The van der Waals surface area contributed by atoms with E-state index in [2.05, 4.69) is 59.5 Å². The fraction of sp³-hybridized carbons (Fsp3) is 0.250. The van der Waals surface area contributed by atoms with Crippen molar-refractivity contribution in [3.8, 4) is 0 Å². The highest BCUT2D eigenvalue weighted by molar-refractivity contribution is 14.1. The van der Waals surface area contributed by atoms with Crippen LogP contribution in [0.4, 0.5) is 0 Å². The first kappa shape index (κ1) is 14.5. The Morgan fingerprint density at radius 2 is 2.17 bits per heavy atom. The van der Waals surface area contributed by atoms with Gasteiger partial charge in [0.1, 0.15) is 6.10 Å². The molecular weight excluding hydrogens is 475 g/mol. The fourth-order valence-corrected chi connectivity index (χ4v) is 3.29. The Hall–Kier alpha value is 0.0800. The van der Waals surface area contributed by atoms with E-state index in [1.54, 1.807) is 10.9 Å². The van der Waals surface area contributed by atoms with E-state index >= 15 is 0 Å².